The Morgan fingerprint density at radius 2 is 1.72 bits per heavy atom. The summed E-state index contributed by atoms with van der Waals surface area (Å²) < 4.78 is 53.4. The Kier molecular flexibility index (Phi) is 6.94. The zero-order chi connectivity index (χ0) is 23.5. The molecule has 0 radical (unpaired) electrons. The van der Waals surface area contributed by atoms with Crippen molar-refractivity contribution >= 4 is 32.8 Å². The Labute approximate surface area is 189 Å². The van der Waals surface area contributed by atoms with E-state index in [1.54, 1.807) is 23.5 Å². The molecule has 0 atom stereocenters. The Hall–Kier alpha value is -2.85. The number of alkyl halides is 2. The van der Waals surface area contributed by atoms with Crippen molar-refractivity contribution in [1.82, 2.24) is 4.98 Å². The molecule has 1 amide bonds. The molecule has 0 spiro atoms. The van der Waals surface area contributed by atoms with Crippen LogP contribution < -0.4 is 10.1 Å². The van der Waals surface area contributed by atoms with E-state index in [0.717, 1.165) is 28.4 Å². The van der Waals surface area contributed by atoms with Crippen LogP contribution in [0.3, 0.4) is 0 Å². The maximum Gasteiger partial charge on any atom is 0.341 e. The predicted molar refractivity (Wildman–Crippen MR) is 120 cm³/mol. The first kappa shape index (κ1) is 23.8. The third-order valence-electron chi connectivity index (χ3n) is 4.44. The number of aromatic nitrogens is 1. The fourth-order valence-electron chi connectivity index (χ4n) is 2.62. The van der Waals surface area contributed by atoms with Crippen molar-refractivity contribution in [3.8, 4) is 16.3 Å². The minimum absolute atomic E-state index is 0.0251. The number of amides is 1. The zero-order valence-electron chi connectivity index (χ0n) is 17.6. The van der Waals surface area contributed by atoms with Crippen LogP contribution in [0.15, 0.2) is 58.8 Å². The van der Waals surface area contributed by atoms with E-state index in [1.165, 1.54) is 12.1 Å². The highest BCUT2D eigenvalue weighted by molar-refractivity contribution is 7.91. The molecule has 0 unspecified atom stereocenters. The molecule has 32 heavy (non-hydrogen) atoms. The van der Waals surface area contributed by atoms with Gasteiger partial charge in [-0.1, -0.05) is 20.8 Å². The van der Waals surface area contributed by atoms with Crippen molar-refractivity contribution in [3.63, 3.8) is 0 Å². The minimum atomic E-state index is -4.67. The lowest BCUT2D eigenvalue weighted by molar-refractivity contribution is -0.118. The number of hydrogen-bond donors (Lipinski definition) is 1. The van der Waals surface area contributed by atoms with Gasteiger partial charge in [0, 0.05) is 22.0 Å². The van der Waals surface area contributed by atoms with Gasteiger partial charge in [-0.05, 0) is 48.5 Å². The third kappa shape index (κ3) is 5.68. The van der Waals surface area contributed by atoms with Crippen molar-refractivity contribution < 1.29 is 26.7 Å². The van der Waals surface area contributed by atoms with Gasteiger partial charge in [-0.25, -0.2) is 13.4 Å². The smallest absolute Gasteiger partial charge is 0.341 e. The second kappa shape index (κ2) is 9.33. The van der Waals surface area contributed by atoms with Crippen LogP contribution in [0, 0.1) is 0 Å². The van der Waals surface area contributed by atoms with Gasteiger partial charge in [-0.15, -0.1) is 11.3 Å². The summed E-state index contributed by atoms with van der Waals surface area (Å²) in [5.74, 6) is -3.48. The lowest BCUT2D eigenvalue weighted by Gasteiger charge is -2.14. The van der Waals surface area contributed by atoms with E-state index < -0.39 is 26.4 Å². The summed E-state index contributed by atoms with van der Waals surface area (Å²) >= 11 is 1.56. The largest absolute Gasteiger partial charge is 0.484 e. The summed E-state index contributed by atoms with van der Waals surface area (Å²) in [6.45, 7) is 6.04. The van der Waals surface area contributed by atoms with Crippen LogP contribution in [0.1, 0.15) is 26.5 Å². The molecule has 0 fully saturated rings. The average Bonchev–Trinajstić information content (AvgIpc) is 3.24. The van der Waals surface area contributed by atoms with Crippen LogP contribution in [0.25, 0.3) is 10.6 Å². The van der Waals surface area contributed by atoms with Gasteiger partial charge in [-0.2, -0.15) is 8.78 Å². The first-order valence-electron chi connectivity index (χ1n) is 9.58. The van der Waals surface area contributed by atoms with Gasteiger partial charge in [0.05, 0.1) is 10.6 Å². The minimum Gasteiger partial charge on any atom is -0.484 e. The van der Waals surface area contributed by atoms with Crippen LogP contribution >= 0.6 is 11.3 Å². The number of nitrogens with one attached hydrogen (secondary N) is 1. The number of rotatable bonds is 7. The molecule has 3 rings (SSSR count). The van der Waals surface area contributed by atoms with E-state index in [4.69, 9.17) is 4.74 Å². The van der Waals surface area contributed by atoms with Gasteiger partial charge in [-0.3, -0.25) is 4.79 Å². The highest BCUT2D eigenvalue weighted by atomic mass is 32.2. The molecule has 0 aliphatic heterocycles. The molecule has 1 aromatic heterocycles. The molecule has 170 valence electrons. The molecule has 0 saturated carbocycles. The molecule has 0 aliphatic rings. The molecule has 10 heteroatoms. The first-order chi connectivity index (χ1) is 15.0. The number of anilines is 1. The van der Waals surface area contributed by atoms with Gasteiger partial charge in [0.15, 0.2) is 6.61 Å². The molecule has 6 nitrogen and oxygen atoms in total. The molecule has 1 heterocycles. The summed E-state index contributed by atoms with van der Waals surface area (Å²) in [7, 11) is -4.67. The monoisotopic (exact) mass is 480 g/mol. The number of carbonyl (C=O) groups excluding carboxylic acids is 1. The van der Waals surface area contributed by atoms with Crippen molar-refractivity contribution in [2.24, 2.45) is 0 Å². The van der Waals surface area contributed by atoms with Gasteiger partial charge < -0.3 is 10.1 Å². The number of carbonyl (C=O) groups is 1. The number of sulfone groups is 1. The van der Waals surface area contributed by atoms with Crippen molar-refractivity contribution in [2.45, 2.75) is 36.8 Å². The molecule has 3 aromatic rings. The van der Waals surface area contributed by atoms with Crippen LogP contribution in [0.5, 0.6) is 5.75 Å². The molecular weight excluding hydrogens is 458 g/mol. The van der Waals surface area contributed by atoms with Gasteiger partial charge in [0.25, 0.3) is 5.91 Å². The fourth-order valence-corrected chi connectivity index (χ4v) is 4.40. The fraction of sp³-hybridized carbons (Fsp3) is 0.273. The highest BCUT2D eigenvalue weighted by Crippen LogP contribution is 2.30. The topological polar surface area (TPSA) is 85.4 Å². The van der Waals surface area contributed by atoms with Crippen molar-refractivity contribution in [2.75, 3.05) is 11.9 Å². The van der Waals surface area contributed by atoms with E-state index in [9.17, 15) is 22.0 Å². The van der Waals surface area contributed by atoms with E-state index in [2.05, 4.69) is 31.1 Å². The number of nitrogens with zero attached hydrogens (tertiary/aromatic N) is 1. The Morgan fingerprint density at radius 1 is 1.09 bits per heavy atom. The first-order valence-corrected chi connectivity index (χ1v) is 12.0. The van der Waals surface area contributed by atoms with Crippen LogP contribution in [-0.2, 0) is 20.0 Å². The van der Waals surface area contributed by atoms with Crippen molar-refractivity contribution in [1.29, 1.82) is 0 Å². The van der Waals surface area contributed by atoms with E-state index in [0.29, 0.717) is 5.75 Å². The molecule has 0 aliphatic carbocycles. The molecule has 1 N–H and O–H groups in total. The van der Waals surface area contributed by atoms with Gasteiger partial charge in [0.1, 0.15) is 10.8 Å². The Balaban J connectivity index is 1.55. The summed E-state index contributed by atoms with van der Waals surface area (Å²) in [5.41, 5.74) is 2.21. The molecular formula is C22H22F2N2O4S2. The van der Waals surface area contributed by atoms with Crippen molar-refractivity contribution in [3.05, 3.63) is 59.6 Å². The molecule has 0 bridgehead atoms. The normalized spacial score (nSPS) is 12.1. The maximum absolute atomic E-state index is 12.6. The Morgan fingerprint density at radius 3 is 2.25 bits per heavy atom. The predicted octanol–water partition coefficient (Wildman–Crippen LogP) is 5.12. The SMILES string of the molecule is CC(C)(C)c1csc(-c2ccc(OCC(=O)Nc3ccc(S(=O)(=O)C(F)F)cc3)cc2)n1. The van der Waals surface area contributed by atoms with E-state index in [1.807, 2.05) is 17.5 Å². The summed E-state index contributed by atoms with van der Waals surface area (Å²) in [4.78, 5) is 16.2. The Bertz CT molecular complexity index is 1180. The lowest BCUT2D eigenvalue weighted by Crippen LogP contribution is -2.20. The highest BCUT2D eigenvalue weighted by Gasteiger charge is 2.26. The number of halogens is 2. The van der Waals surface area contributed by atoms with Gasteiger partial charge >= 0.3 is 5.76 Å². The standard InChI is InChI=1S/C22H22F2N2O4S2/c1-22(2,3)18-13-31-20(26-18)14-4-8-16(9-5-14)30-12-19(27)25-15-6-10-17(11-7-15)32(28,29)21(23)24/h4-11,13,21H,12H2,1-3H3,(H,25,27). The number of thiazole rings is 1. The van der Waals surface area contributed by atoms with Gasteiger partial charge in [0.2, 0.25) is 9.84 Å². The summed E-state index contributed by atoms with van der Waals surface area (Å²) in [5, 5.41) is 5.46. The average molecular weight is 481 g/mol. The quantitative estimate of drug-likeness (QED) is 0.507. The summed E-state index contributed by atoms with van der Waals surface area (Å²) in [6, 6.07) is 11.7. The number of benzene rings is 2. The van der Waals surface area contributed by atoms with Crippen LogP contribution in [0.2, 0.25) is 0 Å². The summed E-state index contributed by atoms with van der Waals surface area (Å²) in [6.07, 6.45) is 0. The number of ether oxygens (including phenoxy) is 1. The third-order valence-corrected chi connectivity index (χ3v) is 6.73. The number of hydrogen-bond acceptors (Lipinski definition) is 6. The maximum atomic E-state index is 12.6. The lowest BCUT2D eigenvalue weighted by atomic mass is 9.93. The zero-order valence-corrected chi connectivity index (χ0v) is 19.3. The molecule has 0 saturated heterocycles. The second-order valence-corrected chi connectivity index (χ2v) is 10.8. The van der Waals surface area contributed by atoms with E-state index >= 15 is 0 Å². The van der Waals surface area contributed by atoms with Crippen LogP contribution in [-0.4, -0.2) is 31.7 Å². The van der Waals surface area contributed by atoms with E-state index in [-0.39, 0.29) is 17.7 Å². The molecule has 2 aromatic carbocycles. The second-order valence-electron chi connectivity index (χ2n) is 7.98. The van der Waals surface area contributed by atoms with Crippen LogP contribution in [0.4, 0.5) is 14.5 Å².